The Balaban J connectivity index is 1.93. The molecule has 0 radical (unpaired) electrons. The molecule has 0 unspecified atom stereocenters. The molecule has 0 saturated heterocycles. The van der Waals surface area contributed by atoms with E-state index < -0.39 is 0 Å². The zero-order chi connectivity index (χ0) is 20.6. The van der Waals surface area contributed by atoms with E-state index in [1.54, 1.807) is 0 Å². The Morgan fingerprint density at radius 2 is 1.55 bits per heavy atom. The molecule has 0 spiro atoms. The second kappa shape index (κ2) is 9.71. The van der Waals surface area contributed by atoms with Crippen molar-refractivity contribution in [2.45, 2.75) is 20.3 Å². The van der Waals surface area contributed by atoms with Crippen LogP contribution < -0.4 is 0 Å². The number of fused-ring (bicyclic) bond motifs is 1. The summed E-state index contributed by atoms with van der Waals surface area (Å²) in [5.74, 6) is 0. The fourth-order valence-electron chi connectivity index (χ4n) is 3.33. The highest BCUT2D eigenvalue weighted by Crippen LogP contribution is 2.25. The molecule has 0 atom stereocenters. The Morgan fingerprint density at radius 3 is 2.28 bits per heavy atom. The minimum atomic E-state index is 0.835. The van der Waals surface area contributed by atoms with Crippen molar-refractivity contribution in [3.63, 3.8) is 0 Å². The normalized spacial score (nSPS) is 12.5. The second-order valence-electron chi connectivity index (χ2n) is 7.37. The smallest absolute Gasteiger partial charge is 0.00940 e. The summed E-state index contributed by atoms with van der Waals surface area (Å²) in [6.07, 6.45) is 11.2. The van der Waals surface area contributed by atoms with Crippen molar-refractivity contribution in [3.05, 3.63) is 133 Å². The van der Waals surface area contributed by atoms with Crippen LogP contribution in [0.15, 0.2) is 116 Å². The minimum Gasteiger partial charge on any atom is -0.0991 e. The first kappa shape index (κ1) is 20.4. The van der Waals surface area contributed by atoms with Crippen LogP contribution in [0.2, 0.25) is 0 Å². The summed E-state index contributed by atoms with van der Waals surface area (Å²) in [6, 6.07) is 23.6. The summed E-state index contributed by atoms with van der Waals surface area (Å²) in [5, 5.41) is 2.48. The molecule has 0 fully saturated rings. The van der Waals surface area contributed by atoms with E-state index in [1.807, 2.05) is 12.2 Å². The van der Waals surface area contributed by atoms with Gasteiger partial charge in [0.15, 0.2) is 0 Å². The van der Waals surface area contributed by atoms with Gasteiger partial charge in [0, 0.05) is 0 Å². The van der Waals surface area contributed by atoms with Gasteiger partial charge in [0.05, 0.1) is 0 Å². The van der Waals surface area contributed by atoms with Crippen molar-refractivity contribution in [2.24, 2.45) is 0 Å². The molecule has 144 valence electrons. The fraction of sp³-hybridized carbons (Fsp3) is 0.103. The van der Waals surface area contributed by atoms with Crippen molar-refractivity contribution in [1.29, 1.82) is 0 Å². The third-order valence-corrected chi connectivity index (χ3v) is 5.01. The van der Waals surface area contributed by atoms with Gasteiger partial charge in [-0.15, -0.1) is 0 Å². The zero-order valence-corrected chi connectivity index (χ0v) is 17.4. The first-order valence-corrected chi connectivity index (χ1v) is 9.98. The Labute approximate surface area is 174 Å². The topological polar surface area (TPSA) is 0 Å². The van der Waals surface area contributed by atoms with Gasteiger partial charge in [-0.1, -0.05) is 110 Å². The third-order valence-electron chi connectivity index (χ3n) is 5.01. The number of hydrogen-bond donors (Lipinski definition) is 0. The standard InChI is InChI=1S/C29H28/c1-5-6-7-10-25(19-23(3)26-15-13-22(2)14-16-26)20-24(4)28-18-17-27-11-8-9-12-29(27)21-28/h5-9,11-21H,1,4,10H2,2-3H3/b7-6-,23-19+,25-20-. The molecule has 0 saturated carbocycles. The molecule has 0 bridgehead atoms. The van der Waals surface area contributed by atoms with Crippen molar-refractivity contribution in [1.82, 2.24) is 0 Å². The van der Waals surface area contributed by atoms with E-state index in [1.165, 1.54) is 33.0 Å². The molecule has 3 aromatic rings. The number of aryl methyl sites for hydroxylation is 1. The van der Waals surface area contributed by atoms with E-state index in [2.05, 4.69) is 112 Å². The van der Waals surface area contributed by atoms with Gasteiger partial charge in [0.2, 0.25) is 0 Å². The average molecular weight is 377 g/mol. The largest absolute Gasteiger partial charge is 0.0991 e. The lowest BCUT2D eigenvalue weighted by molar-refractivity contribution is 1.28. The number of benzene rings is 3. The van der Waals surface area contributed by atoms with E-state index in [-0.39, 0.29) is 0 Å². The van der Waals surface area contributed by atoms with Crippen molar-refractivity contribution in [3.8, 4) is 0 Å². The molecular formula is C29H28. The van der Waals surface area contributed by atoms with Gasteiger partial charge in [-0.25, -0.2) is 0 Å². The fourth-order valence-corrected chi connectivity index (χ4v) is 3.33. The molecule has 0 aromatic heterocycles. The molecule has 0 aliphatic heterocycles. The highest BCUT2D eigenvalue weighted by atomic mass is 14.1. The molecule has 0 heteroatoms. The van der Waals surface area contributed by atoms with Gasteiger partial charge in [-0.3, -0.25) is 0 Å². The summed E-state index contributed by atoms with van der Waals surface area (Å²) < 4.78 is 0. The van der Waals surface area contributed by atoms with E-state index in [0.29, 0.717) is 0 Å². The lowest BCUT2D eigenvalue weighted by atomic mass is 9.97. The molecule has 3 rings (SSSR count). The van der Waals surface area contributed by atoms with Gasteiger partial charge < -0.3 is 0 Å². The van der Waals surface area contributed by atoms with Crippen LogP contribution >= 0.6 is 0 Å². The molecule has 0 N–H and O–H groups in total. The maximum atomic E-state index is 4.34. The van der Waals surface area contributed by atoms with E-state index in [9.17, 15) is 0 Å². The Kier molecular flexibility index (Phi) is 6.81. The maximum Gasteiger partial charge on any atom is -0.00940 e. The van der Waals surface area contributed by atoms with Crippen LogP contribution in [-0.2, 0) is 0 Å². The predicted molar refractivity (Wildman–Crippen MR) is 130 cm³/mol. The molecule has 3 aromatic carbocycles. The van der Waals surface area contributed by atoms with Gasteiger partial charge in [0.25, 0.3) is 0 Å². The Hall–Kier alpha value is -3.38. The lowest BCUT2D eigenvalue weighted by Gasteiger charge is -2.08. The van der Waals surface area contributed by atoms with Gasteiger partial charge >= 0.3 is 0 Å². The van der Waals surface area contributed by atoms with Crippen LogP contribution in [0.4, 0.5) is 0 Å². The Morgan fingerprint density at radius 1 is 0.862 bits per heavy atom. The monoisotopic (exact) mass is 376 g/mol. The summed E-state index contributed by atoms with van der Waals surface area (Å²) in [7, 11) is 0. The highest BCUT2D eigenvalue weighted by Gasteiger charge is 2.02. The number of hydrogen-bond acceptors (Lipinski definition) is 0. The second-order valence-corrected chi connectivity index (χ2v) is 7.37. The minimum absolute atomic E-state index is 0.835. The van der Waals surface area contributed by atoms with Gasteiger partial charge in [-0.2, -0.15) is 0 Å². The van der Waals surface area contributed by atoms with Crippen molar-refractivity contribution in [2.75, 3.05) is 0 Å². The number of rotatable bonds is 7. The maximum absolute atomic E-state index is 4.34. The van der Waals surface area contributed by atoms with E-state index in [0.717, 1.165) is 17.6 Å². The van der Waals surface area contributed by atoms with Crippen LogP contribution in [0.25, 0.3) is 21.9 Å². The number of allylic oxidation sites excluding steroid dienone is 8. The molecule has 0 amide bonds. The van der Waals surface area contributed by atoms with E-state index in [4.69, 9.17) is 0 Å². The molecule has 0 nitrogen and oxygen atoms in total. The SMILES string of the molecule is C=C/C=C\CC(=C/C(=C)c1ccc2ccccc2c1)/C=C(\C)c1ccc(C)cc1. The van der Waals surface area contributed by atoms with Crippen LogP contribution in [0, 0.1) is 6.92 Å². The third kappa shape index (κ3) is 5.56. The van der Waals surface area contributed by atoms with Crippen LogP contribution in [0.1, 0.15) is 30.0 Å². The Bertz CT molecular complexity index is 1100. The first-order chi connectivity index (χ1) is 14.1. The van der Waals surface area contributed by atoms with Gasteiger partial charge in [-0.05, 0) is 65.0 Å². The van der Waals surface area contributed by atoms with Crippen molar-refractivity contribution < 1.29 is 0 Å². The first-order valence-electron chi connectivity index (χ1n) is 9.98. The van der Waals surface area contributed by atoms with Crippen LogP contribution in [0.3, 0.4) is 0 Å². The summed E-state index contributed by atoms with van der Waals surface area (Å²) in [6.45, 7) is 12.4. The highest BCUT2D eigenvalue weighted by molar-refractivity contribution is 5.87. The van der Waals surface area contributed by atoms with Crippen LogP contribution in [-0.4, -0.2) is 0 Å². The average Bonchev–Trinajstić information content (AvgIpc) is 2.73. The molecule has 29 heavy (non-hydrogen) atoms. The van der Waals surface area contributed by atoms with E-state index >= 15 is 0 Å². The molecular weight excluding hydrogens is 348 g/mol. The molecule has 0 aliphatic carbocycles. The molecule has 0 heterocycles. The van der Waals surface area contributed by atoms with Gasteiger partial charge in [0.1, 0.15) is 0 Å². The quantitative estimate of drug-likeness (QED) is 0.364. The summed E-state index contributed by atoms with van der Waals surface area (Å²) in [4.78, 5) is 0. The summed E-state index contributed by atoms with van der Waals surface area (Å²) >= 11 is 0. The predicted octanol–water partition coefficient (Wildman–Crippen LogP) is 8.32. The van der Waals surface area contributed by atoms with Crippen LogP contribution in [0.5, 0.6) is 0 Å². The summed E-state index contributed by atoms with van der Waals surface area (Å²) in [5.41, 5.74) is 7.15. The van der Waals surface area contributed by atoms with Crippen molar-refractivity contribution >= 4 is 21.9 Å². The zero-order valence-electron chi connectivity index (χ0n) is 17.4. The molecule has 0 aliphatic rings. The lowest BCUT2D eigenvalue weighted by Crippen LogP contribution is -1.86.